The van der Waals surface area contributed by atoms with Gasteiger partial charge in [-0.3, -0.25) is 0 Å². The van der Waals surface area contributed by atoms with E-state index in [1.165, 1.54) is 18.2 Å². The maximum Gasteiger partial charge on any atom is 0.129 e. The minimum atomic E-state index is -0.609. The van der Waals surface area contributed by atoms with Crippen LogP contribution in [0.5, 0.6) is 0 Å². The van der Waals surface area contributed by atoms with Crippen molar-refractivity contribution in [3.8, 4) is 0 Å². The van der Waals surface area contributed by atoms with E-state index in [0.717, 1.165) is 0 Å². The van der Waals surface area contributed by atoms with E-state index in [1.807, 2.05) is 0 Å². The van der Waals surface area contributed by atoms with Crippen LogP contribution in [0.4, 0.5) is 8.78 Å². The molecule has 0 amide bonds. The third kappa shape index (κ3) is 1.98. The summed E-state index contributed by atoms with van der Waals surface area (Å²) in [5, 5.41) is 0. The van der Waals surface area contributed by atoms with Crippen LogP contribution in [0.2, 0.25) is 0 Å². The maximum absolute atomic E-state index is 12.9. The highest BCUT2D eigenvalue weighted by atomic mass is 32.1. The van der Waals surface area contributed by atoms with Gasteiger partial charge in [0.05, 0.1) is 4.99 Å². The molecule has 2 N–H and O–H groups in total. The second kappa shape index (κ2) is 3.58. The van der Waals surface area contributed by atoms with Gasteiger partial charge >= 0.3 is 0 Å². The number of halogens is 2. The summed E-state index contributed by atoms with van der Waals surface area (Å²) in [5.41, 5.74) is 5.10. The summed E-state index contributed by atoms with van der Waals surface area (Å²) in [6, 6.07) is 3.65. The van der Waals surface area contributed by atoms with Crippen molar-refractivity contribution < 1.29 is 8.78 Å². The molecule has 1 aromatic rings. The molecule has 0 aliphatic rings. The zero-order chi connectivity index (χ0) is 9.14. The third-order valence-corrected chi connectivity index (χ3v) is 1.56. The van der Waals surface area contributed by atoms with Gasteiger partial charge in [0.25, 0.3) is 0 Å². The van der Waals surface area contributed by atoms with Crippen LogP contribution in [0.3, 0.4) is 0 Å². The Balaban J connectivity index is 3.04. The van der Waals surface area contributed by atoms with Gasteiger partial charge in [-0.2, -0.15) is 0 Å². The van der Waals surface area contributed by atoms with Crippen LogP contribution in [0.15, 0.2) is 18.2 Å². The van der Waals surface area contributed by atoms with Gasteiger partial charge in [0.1, 0.15) is 11.6 Å². The van der Waals surface area contributed by atoms with Gasteiger partial charge in [-0.15, -0.1) is 0 Å². The van der Waals surface area contributed by atoms with Crippen LogP contribution in [0.1, 0.15) is 5.56 Å². The van der Waals surface area contributed by atoms with Crippen molar-refractivity contribution in [2.75, 3.05) is 0 Å². The van der Waals surface area contributed by atoms with Crippen molar-refractivity contribution in [1.82, 2.24) is 0 Å². The Morgan fingerprint density at radius 1 is 1.33 bits per heavy atom. The van der Waals surface area contributed by atoms with Gasteiger partial charge in [0.2, 0.25) is 0 Å². The summed E-state index contributed by atoms with van der Waals surface area (Å²) in [6.07, 6.45) is -0.0339. The second-order valence-electron chi connectivity index (χ2n) is 2.34. The van der Waals surface area contributed by atoms with Crippen molar-refractivity contribution in [2.24, 2.45) is 5.73 Å². The summed E-state index contributed by atoms with van der Waals surface area (Å²) >= 11 is 4.54. The fourth-order valence-corrected chi connectivity index (χ4v) is 1.02. The summed E-state index contributed by atoms with van der Waals surface area (Å²) in [4.78, 5) is 0.0824. The van der Waals surface area contributed by atoms with E-state index in [2.05, 4.69) is 12.2 Å². The zero-order valence-corrected chi connectivity index (χ0v) is 7.00. The molecule has 0 radical (unpaired) electrons. The van der Waals surface area contributed by atoms with E-state index in [4.69, 9.17) is 5.73 Å². The van der Waals surface area contributed by atoms with Crippen LogP contribution in [0, 0.1) is 11.6 Å². The van der Waals surface area contributed by atoms with Gasteiger partial charge in [0, 0.05) is 12.0 Å². The molecule has 1 rings (SSSR count). The lowest BCUT2D eigenvalue weighted by atomic mass is 10.1. The topological polar surface area (TPSA) is 26.0 Å². The van der Waals surface area contributed by atoms with Crippen LogP contribution < -0.4 is 5.73 Å². The summed E-state index contributed by atoms with van der Waals surface area (Å²) in [6.45, 7) is 0. The molecule has 12 heavy (non-hydrogen) atoms. The smallest absolute Gasteiger partial charge is 0.129 e. The lowest BCUT2D eigenvalue weighted by molar-refractivity contribution is 0.564. The van der Waals surface area contributed by atoms with Crippen molar-refractivity contribution in [3.63, 3.8) is 0 Å². The molecule has 0 aromatic heterocycles. The molecule has 0 aliphatic carbocycles. The molecule has 0 heterocycles. The molecule has 0 fully saturated rings. The monoisotopic (exact) mass is 187 g/mol. The lowest BCUT2D eigenvalue weighted by Gasteiger charge is -2.01. The Hall–Kier alpha value is -1.03. The first-order chi connectivity index (χ1) is 5.61. The molecule has 0 atom stereocenters. The molecule has 64 valence electrons. The van der Waals surface area contributed by atoms with Crippen LogP contribution in [0.25, 0.3) is 0 Å². The maximum atomic E-state index is 12.9. The molecule has 1 nitrogen and oxygen atoms in total. The van der Waals surface area contributed by atoms with E-state index in [0.29, 0.717) is 0 Å². The fraction of sp³-hybridized carbons (Fsp3) is 0.125. The van der Waals surface area contributed by atoms with Gasteiger partial charge in [-0.1, -0.05) is 18.3 Å². The molecule has 0 unspecified atom stereocenters. The van der Waals surface area contributed by atoms with Crippen LogP contribution in [-0.2, 0) is 6.42 Å². The molecular weight excluding hydrogens is 180 g/mol. The van der Waals surface area contributed by atoms with E-state index in [-0.39, 0.29) is 17.0 Å². The molecule has 0 spiro atoms. The summed E-state index contributed by atoms with van der Waals surface area (Å²) in [7, 11) is 0. The number of thiocarbonyl (C=S) groups is 1. The van der Waals surface area contributed by atoms with Crippen molar-refractivity contribution in [2.45, 2.75) is 6.42 Å². The first-order valence-corrected chi connectivity index (χ1v) is 3.73. The Labute approximate surface area is 74.2 Å². The Morgan fingerprint density at radius 2 is 1.83 bits per heavy atom. The lowest BCUT2D eigenvalue weighted by Crippen LogP contribution is -2.13. The van der Waals surface area contributed by atoms with E-state index >= 15 is 0 Å². The Morgan fingerprint density at radius 3 is 2.25 bits per heavy atom. The number of nitrogens with two attached hydrogens (primary N) is 1. The van der Waals surface area contributed by atoms with Crippen LogP contribution in [-0.4, -0.2) is 4.99 Å². The second-order valence-corrected chi connectivity index (χ2v) is 2.87. The van der Waals surface area contributed by atoms with Crippen molar-refractivity contribution >= 4 is 17.2 Å². The average Bonchev–Trinajstić information content (AvgIpc) is 1.97. The first-order valence-electron chi connectivity index (χ1n) is 3.32. The van der Waals surface area contributed by atoms with Crippen molar-refractivity contribution in [1.29, 1.82) is 0 Å². The highest BCUT2D eigenvalue weighted by molar-refractivity contribution is 7.80. The van der Waals surface area contributed by atoms with E-state index < -0.39 is 11.6 Å². The van der Waals surface area contributed by atoms with Crippen molar-refractivity contribution in [3.05, 3.63) is 35.4 Å². The molecule has 1 aromatic carbocycles. The SMILES string of the molecule is NC(=S)Cc1c(F)cccc1F. The Bertz CT molecular complexity index is 292. The largest absolute Gasteiger partial charge is 0.393 e. The van der Waals surface area contributed by atoms with Gasteiger partial charge in [0.15, 0.2) is 0 Å². The highest BCUT2D eigenvalue weighted by Gasteiger charge is 2.08. The normalized spacial score (nSPS) is 9.83. The first kappa shape index (κ1) is 9.06. The Kier molecular flexibility index (Phi) is 2.70. The highest BCUT2D eigenvalue weighted by Crippen LogP contribution is 2.12. The standard InChI is InChI=1S/C8H7F2NS/c9-6-2-1-3-7(10)5(6)4-8(11)12/h1-3H,4H2,(H2,11,12). The van der Waals surface area contributed by atoms with Gasteiger partial charge in [-0.05, 0) is 12.1 Å². The summed E-state index contributed by atoms with van der Waals surface area (Å²) < 4.78 is 25.7. The molecular formula is C8H7F2NS. The number of rotatable bonds is 2. The number of hydrogen-bond acceptors (Lipinski definition) is 1. The quantitative estimate of drug-likeness (QED) is 0.714. The fourth-order valence-electron chi connectivity index (χ4n) is 0.875. The molecule has 4 heteroatoms. The summed E-state index contributed by atoms with van der Waals surface area (Å²) in [5.74, 6) is -1.22. The van der Waals surface area contributed by atoms with Gasteiger partial charge in [-0.25, -0.2) is 8.78 Å². The third-order valence-electron chi connectivity index (χ3n) is 1.41. The molecule has 0 bridgehead atoms. The van der Waals surface area contributed by atoms with E-state index in [1.54, 1.807) is 0 Å². The van der Waals surface area contributed by atoms with E-state index in [9.17, 15) is 8.78 Å². The predicted octanol–water partition coefficient (Wildman–Crippen LogP) is 1.79. The van der Waals surface area contributed by atoms with Gasteiger partial charge < -0.3 is 5.73 Å². The predicted molar refractivity (Wildman–Crippen MR) is 46.8 cm³/mol. The minimum absolute atomic E-state index is 0.0339. The zero-order valence-electron chi connectivity index (χ0n) is 6.18. The molecule has 0 aliphatic heterocycles. The van der Waals surface area contributed by atoms with Crippen LogP contribution >= 0.6 is 12.2 Å². The number of hydrogen-bond donors (Lipinski definition) is 1. The average molecular weight is 187 g/mol. The molecule has 0 saturated carbocycles. The molecule has 0 saturated heterocycles. The minimum Gasteiger partial charge on any atom is -0.393 e. The number of benzene rings is 1.